The van der Waals surface area contributed by atoms with Crippen LogP contribution >= 0.6 is 0 Å². The number of piperidine rings is 1. The van der Waals surface area contributed by atoms with Crippen LogP contribution in [-0.2, 0) is 13.0 Å². The second-order valence-corrected chi connectivity index (χ2v) is 5.42. The van der Waals surface area contributed by atoms with E-state index in [1.54, 1.807) is 0 Å². The quantitative estimate of drug-likeness (QED) is 0.839. The molecule has 3 heteroatoms. The van der Waals surface area contributed by atoms with Crippen molar-refractivity contribution in [3.05, 3.63) is 30.1 Å². The molecule has 1 aromatic carbocycles. The van der Waals surface area contributed by atoms with Gasteiger partial charge in [0.05, 0.1) is 11.0 Å². The molecule has 0 bridgehead atoms. The maximum Gasteiger partial charge on any atom is 0.109 e. The zero-order chi connectivity index (χ0) is 13.1. The van der Waals surface area contributed by atoms with E-state index in [0.29, 0.717) is 0 Å². The summed E-state index contributed by atoms with van der Waals surface area (Å²) >= 11 is 0. The first kappa shape index (κ1) is 12.7. The Bertz CT molecular complexity index is 538. The van der Waals surface area contributed by atoms with Gasteiger partial charge >= 0.3 is 0 Å². The summed E-state index contributed by atoms with van der Waals surface area (Å²) in [4.78, 5) is 7.33. The van der Waals surface area contributed by atoms with Gasteiger partial charge < -0.3 is 9.47 Å². The second kappa shape index (κ2) is 5.74. The highest BCUT2D eigenvalue weighted by Gasteiger charge is 2.12. The largest absolute Gasteiger partial charge is 0.327 e. The van der Waals surface area contributed by atoms with Gasteiger partial charge in [-0.15, -0.1) is 0 Å². The Morgan fingerprint density at radius 1 is 1.05 bits per heavy atom. The molecule has 3 rings (SSSR count). The molecular weight excluding hydrogens is 234 g/mol. The lowest BCUT2D eigenvalue weighted by Gasteiger charge is -2.26. The van der Waals surface area contributed by atoms with E-state index in [1.807, 2.05) is 0 Å². The van der Waals surface area contributed by atoms with Crippen molar-refractivity contribution in [2.24, 2.45) is 0 Å². The third kappa shape index (κ3) is 2.66. The molecule has 1 fully saturated rings. The Hall–Kier alpha value is -1.35. The van der Waals surface area contributed by atoms with Gasteiger partial charge in [0.2, 0.25) is 0 Å². The first-order valence-electron chi connectivity index (χ1n) is 7.55. The summed E-state index contributed by atoms with van der Waals surface area (Å²) in [5.74, 6) is 1.22. The average Bonchev–Trinajstić information content (AvgIpc) is 2.84. The molecule has 0 saturated carbocycles. The summed E-state index contributed by atoms with van der Waals surface area (Å²) in [7, 11) is 0. The third-order valence-electron chi connectivity index (χ3n) is 4.14. The van der Waals surface area contributed by atoms with Gasteiger partial charge in [0.1, 0.15) is 5.82 Å². The summed E-state index contributed by atoms with van der Waals surface area (Å²) in [6, 6.07) is 8.49. The van der Waals surface area contributed by atoms with Crippen LogP contribution in [0.5, 0.6) is 0 Å². The molecule has 0 atom stereocenters. The Balaban J connectivity index is 1.78. The van der Waals surface area contributed by atoms with Crippen molar-refractivity contribution in [3.8, 4) is 0 Å². The van der Waals surface area contributed by atoms with Crippen molar-refractivity contribution >= 4 is 11.0 Å². The summed E-state index contributed by atoms with van der Waals surface area (Å²) in [6.07, 6.45) is 5.15. The van der Waals surface area contributed by atoms with Crippen LogP contribution in [0.25, 0.3) is 11.0 Å². The van der Waals surface area contributed by atoms with Gasteiger partial charge in [-0.3, -0.25) is 0 Å². The number of hydrogen-bond donors (Lipinski definition) is 0. The van der Waals surface area contributed by atoms with E-state index in [2.05, 4.69) is 40.7 Å². The molecule has 0 unspecified atom stereocenters. The molecule has 1 saturated heterocycles. The van der Waals surface area contributed by atoms with Gasteiger partial charge in [-0.05, 0) is 38.1 Å². The van der Waals surface area contributed by atoms with Crippen LogP contribution in [-0.4, -0.2) is 34.1 Å². The van der Waals surface area contributed by atoms with Crippen molar-refractivity contribution < 1.29 is 0 Å². The van der Waals surface area contributed by atoms with Crippen molar-refractivity contribution in [2.75, 3.05) is 19.6 Å². The molecule has 0 spiro atoms. The maximum atomic E-state index is 4.74. The van der Waals surface area contributed by atoms with E-state index >= 15 is 0 Å². The van der Waals surface area contributed by atoms with Crippen LogP contribution in [0.2, 0.25) is 0 Å². The van der Waals surface area contributed by atoms with Crippen molar-refractivity contribution in [1.29, 1.82) is 0 Å². The standard InChI is InChI=1S/C16H23N3/c1-2-16-17-14-8-4-5-9-15(14)19(16)13-12-18-10-6-3-7-11-18/h4-5,8-9H,2-3,6-7,10-13H2,1H3. The lowest BCUT2D eigenvalue weighted by Crippen LogP contribution is -2.32. The Kier molecular flexibility index (Phi) is 3.83. The number of imidazole rings is 1. The highest BCUT2D eigenvalue weighted by atomic mass is 15.2. The van der Waals surface area contributed by atoms with E-state index < -0.39 is 0 Å². The maximum absolute atomic E-state index is 4.74. The molecule has 1 aliphatic heterocycles. The molecule has 2 aromatic rings. The molecule has 0 aliphatic carbocycles. The fraction of sp³-hybridized carbons (Fsp3) is 0.562. The van der Waals surface area contributed by atoms with Crippen LogP contribution in [0.4, 0.5) is 0 Å². The third-order valence-corrected chi connectivity index (χ3v) is 4.14. The molecule has 3 nitrogen and oxygen atoms in total. The number of benzene rings is 1. The first-order valence-corrected chi connectivity index (χ1v) is 7.55. The van der Waals surface area contributed by atoms with E-state index in [1.165, 1.54) is 43.7 Å². The van der Waals surface area contributed by atoms with Crippen LogP contribution in [0.15, 0.2) is 24.3 Å². The molecule has 0 N–H and O–H groups in total. The van der Waals surface area contributed by atoms with E-state index in [4.69, 9.17) is 4.98 Å². The lowest BCUT2D eigenvalue weighted by atomic mass is 10.1. The summed E-state index contributed by atoms with van der Waals surface area (Å²) < 4.78 is 2.41. The predicted octanol–water partition coefficient (Wildman–Crippen LogP) is 3.08. The molecule has 2 heterocycles. The molecular formula is C16H23N3. The van der Waals surface area contributed by atoms with E-state index in [-0.39, 0.29) is 0 Å². The summed E-state index contributed by atoms with van der Waals surface area (Å²) in [5, 5.41) is 0. The molecule has 1 aliphatic rings. The van der Waals surface area contributed by atoms with Crippen LogP contribution in [0, 0.1) is 0 Å². The number of nitrogens with zero attached hydrogens (tertiary/aromatic N) is 3. The van der Waals surface area contributed by atoms with Crippen LogP contribution in [0.1, 0.15) is 32.0 Å². The zero-order valence-electron chi connectivity index (χ0n) is 11.8. The Labute approximate surface area is 115 Å². The Morgan fingerprint density at radius 2 is 1.84 bits per heavy atom. The van der Waals surface area contributed by atoms with Gasteiger partial charge in [0.25, 0.3) is 0 Å². The average molecular weight is 257 g/mol. The van der Waals surface area contributed by atoms with Crippen LogP contribution in [0.3, 0.4) is 0 Å². The number of fused-ring (bicyclic) bond motifs is 1. The van der Waals surface area contributed by atoms with Crippen molar-refractivity contribution in [3.63, 3.8) is 0 Å². The number of likely N-dealkylation sites (tertiary alicyclic amines) is 1. The minimum absolute atomic E-state index is 1.01. The van der Waals surface area contributed by atoms with Gasteiger partial charge in [-0.25, -0.2) is 4.98 Å². The normalized spacial score (nSPS) is 17.1. The lowest BCUT2D eigenvalue weighted by molar-refractivity contribution is 0.221. The van der Waals surface area contributed by atoms with Crippen molar-refractivity contribution in [2.45, 2.75) is 39.2 Å². The van der Waals surface area contributed by atoms with Gasteiger partial charge in [0, 0.05) is 19.5 Å². The summed E-state index contributed by atoms with van der Waals surface area (Å²) in [5.41, 5.74) is 2.43. The molecule has 0 amide bonds. The van der Waals surface area contributed by atoms with Gasteiger partial charge in [0.15, 0.2) is 0 Å². The second-order valence-electron chi connectivity index (χ2n) is 5.42. The van der Waals surface area contributed by atoms with Crippen molar-refractivity contribution in [1.82, 2.24) is 14.5 Å². The Morgan fingerprint density at radius 3 is 2.63 bits per heavy atom. The smallest absolute Gasteiger partial charge is 0.109 e. The topological polar surface area (TPSA) is 21.1 Å². The minimum Gasteiger partial charge on any atom is -0.327 e. The van der Waals surface area contributed by atoms with E-state index in [9.17, 15) is 0 Å². The molecule has 0 radical (unpaired) electrons. The van der Waals surface area contributed by atoms with E-state index in [0.717, 1.165) is 25.0 Å². The highest BCUT2D eigenvalue weighted by Crippen LogP contribution is 2.17. The summed E-state index contributed by atoms with van der Waals surface area (Å²) in [6.45, 7) is 6.97. The first-order chi connectivity index (χ1) is 9.38. The fourth-order valence-corrected chi connectivity index (χ4v) is 3.07. The number of rotatable bonds is 4. The number of aryl methyl sites for hydroxylation is 1. The molecule has 1 aromatic heterocycles. The molecule has 102 valence electrons. The highest BCUT2D eigenvalue weighted by molar-refractivity contribution is 5.75. The van der Waals surface area contributed by atoms with Gasteiger partial charge in [-0.2, -0.15) is 0 Å². The fourth-order valence-electron chi connectivity index (χ4n) is 3.07. The van der Waals surface area contributed by atoms with Crippen LogP contribution < -0.4 is 0 Å². The number of aromatic nitrogens is 2. The zero-order valence-corrected chi connectivity index (χ0v) is 11.8. The van der Waals surface area contributed by atoms with Gasteiger partial charge in [-0.1, -0.05) is 25.5 Å². The number of para-hydroxylation sites is 2. The minimum atomic E-state index is 1.01. The predicted molar refractivity (Wildman–Crippen MR) is 79.4 cm³/mol. The number of hydrogen-bond acceptors (Lipinski definition) is 2. The molecule has 19 heavy (non-hydrogen) atoms. The SMILES string of the molecule is CCc1nc2ccccc2n1CCN1CCCCC1. The monoisotopic (exact) mass is 257 g/mol.